The predicted molar refractivity (Wildman–Crippen MR) is 90.8 cm³/mol. The van der Waals surface area contributed by atoms with E-state index in [9.17, 15) is 0 Å². The van der Waals surface area contributed by atoms with Crippen LogP contribution in [0.2, 0.25) is 5.02 Å². The van der Waals surface area contributed by atoms with Crippen molar-refractivity contribution in [2.45, 2.75) is 38.0 Å². The van der Waals surface area contributed by atoms with Crippen molar-refractivity contribution < 1.29 is 0 Å². The molecule has 0 spiro atoms. The zero-order valence-electron chi connectivity index (χ0n) is 12.3. The Kier molecular flexibility index (Phi) is 4.66. The normalized spacial score (nSPS) is 11.4. The topological polar surface area (TPSA) is 12.0 Å². The molecule has 0 saturated heterocycles. The Hall–Kier alpha value is -1.12. The number of aryl methyl sites for hydroxylation is 1. The minimum Gasteiger partial charge on any atom is -0.325 e. The van der Waals surface area contributed by atoms with Crippen LogP contribution in [0.1, 0.15) is 31.9 Å². The standard InChI is InChI=1S/C17H20ClNS/c1-12-11-14(18)7-10-16(12)19-20-15-8-5-13(6-9-15)17(2,3)4/h5-11,19H,1-4H3. The third kappa shape index (κ3) is 3.94. The van der Waals surface area contributed by atoms with Crippen molar-refractivity contribution >= 4 is 29.2 Å². The smallest absolute Gasteiger partial charge is 0.0473 e. The highest BCUT2D eigenvalue weighted by atomic mass is 35.5. The number of hydrogen-bond acceptors (Lipinski definition) is 2. The molecule has 2 aromatic carbocycles. The fourth-order valence-electron chi connectivity index (χ4n) is 1.88. The van der Waals surface area contributed by atoms with Crippen LogP contribution < -0.4 is 4.72 Å². The summed E-state index contributed by atoms with van der Waals surface area (Å²) < 4.78 is 3.37. The number of rotatable bonds is 3. The molecule has 0 aliphatic carbocycles. The summed E-state index contributed by atoms with van der Waals surface area (Å²) in [7, 11) is 0. The van der Waals surface area contributed by atoms with E-state index in [2.05, 4.69) is 56.7 Å². The lowest BCUT2D eigenvalue weighted by atomic mass is 9.87. The molecule has 0 fully saturated rings. The Morgan fingerprint density at radius 2 is 1.65 bits per heavy atom. The highest BCUT2D eigenvalue weighted by Crippen LogP contribution is 2.28. The largest absolute Gasteiger partial charge is 0.325 e. The van der Waals surface area contributed by atoms with Crippen molar-refractivity contribution in [2.75, 3.05) is 4.72 Å². The van der Waals surface area contributed by atoms with Gasteiger partial charge in [-0.15, -0.1) is 0 Å². The molecule has 0 aliphatic rings. The minimum absolute atomic E-state index is 0.198. The zero-order chi connectivity index (χ0) is 14.8. The van der Waals surface area contributed by atoms with Crippen LogP contribution in [0.5, 0.6) is 0 Å². The van der Waals surface area contributed by atoms with Crippen LogP contribution in [0.4, 0.5) is 5.69 Å². The molecule has 20 heavy (non-hydrogen) atoms. The van der Waals surface area contributed by atoms with Gasteiger partial charge < -0.3 is 4.72 Å². The first-order chi connectivity index (χ1) is 9.36. The van der Waals surface area contributed by atoms with Gasteiger partial charge in [0.2, 0.25) is 0 Å². The average Bonchev–Trinajstić information content (AvgIpc) is 2.37. The lowest BCUT2D eigenvalue weighted by molar-refractivity contribution is 0.590. The number of nitrogens with one attached hydrogen (secondary N) is 1. The molecule has 106 valence electrons. The van der Waals surface area contributed by atoms with Gasteiger partial charge in [0.25, 0.3) is 0 Å². The van der Waals surface area contributed by atoms with Gasteiger partial charge in [-0.25, -0.2) is 0 Å². The second-order valence-electron chi connectivity index (χ2n) is 5.94. The third-order valence-corrected chi connectivity index (χ3v) is 4.25. The number of anilines is 1. The van der Waals surface area contributed by atoms with Crippen LogP contribution in [-0.4, -0.2) is 0 Å². The van der Waals surface area contributed by atoms with Gasteiger partial charge in [-0.1, -0.05) is 44.5 Å². The lowest BCUT2D eigenvalue weighted by Crippen LogP contribution is -2.10. The molecule has 0 aromatic heterocycles. The summed E-state index contributed by atoms with van der Waals surface area (Å²) in [6.07, 6.45) is 0. The van der Waals surface area contributed by atoms with Crippen LogP contribution in [0.15, 0.2) is 47.4 Å². The number of halogens is 1. The lowest BCUT2D eigenvalue weighted by Gasteiger charge is -2.19. The molecule has 1 N–H and O–H groups in total. The van der Waals surface area contributed by atoms with E-state index in [0.29, 0.717) is 0 Å². The SMILES string of the molecule is Cc1cc(Cl)ccc1NSc1ccc(C(C)(C)C)cc1. The predicted octanol–water partition coefficient (Wildman–Crippen LogP) is 6.07. The highest BCUT2D eigenvalue weighted by Gasteiger charge is 2.12. The van der Waals surface area contributed by atoms with E-state index in [-0.39, 0.29) is 5.41 Å². The molecule has 0 amide bonds. The molecule has 2 rings (SSSR count). The molecule has 1 nitrogen and oxygen atoms in total. The Labute approximate surface area is 130 Å². The minimum atomic E-state index is 0.198. The van der Waals surface area contributed by atoms with E-state index < -0.39 is 0 Å². The fraction of sp³-hybridized carbons (Fsp3) is 0.294. The zero-order valence-corrected chi connectivity index (χ0v) is 13.9. The molecule has 0 bridgehead atoms. The molecule has 0 unspecified atom stereocenters. The van der Waals surface area contributed by atoms with E-state index in [0.717, 1.165) is 16.3 Å². The van der Waals surface area contributed by atoms with Crippen LogP contribution in [-0.2, 0) is 5.41 Å². The second kappa shape index (κ2) is 6.11. The Bertz CT molecular complexity index is 585. The Morgan fingerprint density at radius 3 is 2.20 bits per heavy atom. The molecular weight excluding hydrogens is 286 g/mol. The van der Waals surface area contributed by atoms with Gasteiger partial charge in [0, 0.05) is 15.6 Å². The van der Waals surface area contributed by atoms with E-state index in [1.54, 1.807) is 11.9 Å². The van der Waals surface area contributed by atoms with Gasteiger partial charge >= 0.3 is 0 Å². The molecule has 0 radical (unpaired) electrons. The van der Waals surface area contributed by atoms with Crippen molar-refractivity contribution in [3.8, 4) is 0 Å². The van der Waals surface area contributed by atoms with E-state index in [4.69, 9.17) is 11.6 Å². The van der Waals surface area contributed by atoms with E-state index >= 15 is 0 Å². The van der Waals surface area contributed by atoms with Gasteiger partial charge in [0.15, 0.2) is 0 Å². The first kappa shape index (κ1) is 15.3. The molecular formula is C17H20ClNS. The Balaban J connectivity index is 2.04. The van der Waals surface area contributed by atoms with Crippen LogP contribution in [0.25, 0.3) is 0 Å². The van der Waals surface area contributed by atoms with Crippen LogP contribution in [0, 0.1) is 6.92 Å². The molecule has 0 aliphatic heterocycles. The van der Waals surface area contributed by atoms with Crippen LogP contribution >= 0.6 is 23.5 Å². The Morgan fingerprint density at radius 1 is 1.00 bits per heavy atom. The summed E-state index contributed by atoms with van der Waals surface area (Å²) >= 11 is 7.58. The molecule has 3 heteroatoms. The maximum absolute atomic E-state index is 5.96. The summed E-state index contributed by atoms with van der Waals surface area (Å²) in [5, 5.41) is 0.771. The second-order valence-corrected chi connectivity index (χ2v) is 7.25. The maximum atomic E-state index is 5.96. The quantitative estimate of drug-likeness (QED) is 0.691. The summed E-state index contributed by atoms with van der Waals surface area (Å²) in [5.41, 5.74) is 3.80. The third-order valence-electron chi connectivity index (χ3n) is 3.19. The number of hydrogen-bond donors (Lipinski definition) is 1. The summed E-state index contributed by atoms with van der Waals surface area (Å²) in [6, 6.07) is 14.6. The van der Waals surface area contributed by atoms with Gasteiger partial charge in [0.05, 0.1) is 0 Å². The van der Waals surface area contributed by atoms with Gasteiger partial charge in [-0.3, -0.25) is 0 Å². The van der Waals surface area contributed by atoms with Gasteiger partial charge in [-0.2, -0.15) is 0 Å². The monoisotopic (exact) mass is 305 g/mol. The fourth-order valence-corrected chi connectivity index (χ4v) is 2.83. The van der Waals surface area contributed by atoms with Gasteiger partial charge in [-0.05, 0) is 65.7 Å². The van der Waals surface area contributed by atoms with Crippen molar-refractivity contribution in [2.24, 2.45) is 0 Å². The molecule has 2 aromatic rings. The molecule has 0 heterocycles. The summed E-state index contributed by atoms with van der Waals surface area (Å²) in [6.45, 7) is 8.73. The highest BCUT2D eigenvalue weighted by molar-refractivity contribution is 8.00. The first-order valence-electron chi connectivity index (χ1n) is 6.66. The van der Waals surface area contributed by atoms with Crippen molar-refractivity contribution in [3.63, 3.8) is 0 Å². The van der Waals surface area contributed by atoms with E-state index in [1.807, 2.05) is 18.2 Å². The summed E-state index contributed by atoms with van der Waals surface area (Å²) in [5.74, 6) is 0. The number of benzene rings is 2. The first-order valence-corrected chi connectivity index (χ1v) is 7.85. The molecule has 0 saturated carbocycles. The van der Waals surface area contributed by atoms with Crippen molar-refractivity contribution in [1.82, 2.24) is 0 Å². The van der Waals surface area contributed by atoms with Gasteiger partial charge in [0.1, 0.15) is 0 Å². The average molecular weight is 306 g/mol. The maximum Gasteiger partial charge on any atom is 0.0473 e. The van der Waals surface area contributed by atoms with Crippen molar-refractivity contribution in [3.05, 3.63) is 58.6 Å². The summed E-state index contributed by atoms with van der Waals surface area (Å²) in [4.78, 5) is 1.20. The van der Waals surface area contributed by atoms with Crippen LogP contribution in [0.3, 0.4) is 0 Å². The molecule has 0 atom stereocenters. The van der Waals surface area contributed by atoms with E-state index in [1.165, 1.54) is 10.5 Å². The van der Waals surface area contributed by atoms with Crippen molar-refractivity contribution in [1.29, 1.82) is 0 Å².